The summed E-state index contributed by atoms with van der Waals surface area (Å²) in [6.07, 6.45) is 7.63. The third-order valence-corrected chi connectivity index (χ3v) is 6.25. The van der Waals surface area contributed by atoms with Gasteiger partial charge in [-0.05, 0) is 38.6 Å². The van der Waals surface area contributed by atoms with Gasteiger partial charge in [0.25, 0.3) is 0 Å². The molecule has 2 aliphatic heterocycles. The molecule has 2 saturated heterocycles. The summed E-state index contributed by atoms with van der Waals surface area (Å²) in [6, 6.07) is 0. The average molecular weight is 338 g/mol. The molecule has 1 atom stereocenters. The number of piperazine rings is 1. The third-order valence-electron chi connectivity index (χ3n) is 6.25. The molecular weight excluding hydrogens is 302 g/mol. The second kappa shape index (κ2) is 8.15. The molecular formula is C19H35N3O2. The molecule has 1 aliphatic carbocycles. The number of amides is 1. The van der Waals surface area contributed by atoms with E-state index in [1.54, 1.807) is 0 Å². The van der Waals surface area contributed by atoms with Crippen molar-refractivity contribution in [3.8, 4) is 0 Å². The number of likely N-dealkylation sites (N-methyl/N-ethyl adjacent to an activating group) is 1. The van der Waals surface area contributed by atoms with E-state index in [1.165, 1.54) is 12.8 Å². The van der Waals surface area contributed by atoms with Crippen molar-refractivity contribution in [1.82, 2.24) is 14.7 Å². The lowest BCUT2D eigenvalue weighted by atomic mass is 9.82. The summed E-state index contributed by atoms with van der Waals surface area (Å²) in [4.78, 5) is 19.7. The van der Waals surface area contributed by atoms with Gasteiger partial charge in [0.1, 0.15) is 0 Å². The SMILES string of the molecule is CN1CCN(CC2CCCN(C(=O)CC3(O)CCCCC3)C2)CC1. The highest BCUT2D eigenvalue weighted by Crippen LogP contribution is 2.32. The first kappa shape index (κ1) is 18.2. The Labute approximate surface area is 147 Å². The number of hydrogen-bond donors (Lipinski definition) is 1. The van der Waals surface area contributed by atoms with Crippen molar-refractivity contribution in [2.24, 2.45) is 5.92 Å². The van der Waals surface area contributed by atoms with Crippen LogP contribution in [0.25, 0.3) is 0 Å². The number of nitrogens with zero attached hydrogens (tertiary/aromatic N) is 3. The lowest BCUT2D eigenvalue weighted by Crippen LogP contribution is -2.50. The molecule has 138 valence electrons. The van der Waals surface area contributed by atoms with Crippen LogP contribution in [0.3, 0.4) is 0 Å². The maximum absolute atomic E-state index is 12.7. The maximum atomic E-state index is 12.7. The van der Waals surface area contributed by atoms with Gasteiger partial charge in [-0.15, -0.1) is 0 Å². The topological polar surface area (TPSA) is 47.0 Å². The summed E-state index contributed by atoms with van der Waals surface area (Å²) >= 11 is 0. The average Bonchev–Trinajstić information content (AvgIpc) is 2.57. The molecule has 5 nitrogen and oxygen atoms in total. The van der Waals surface area contributed by atoms with E-state index in [-0.39, 0.29) is 5.91 Å². The minimum atomic E-state index is -0.722. The van der Waals surface area contributed by atoms with E-state index in [9.17, 15) is 9.90 Å². The smallest absolute Gasteiger partial charge is 0.225 e. The summed E-state index contributed by atoms with van der Waals surface area (Å²) in [6.45, 7) is 7.52. The Morgan fingerprint density at radius 1 is 1.04 bits per heavy atom. The fourth-order valence-corrected chi connectivity index (χ4v) is 4.62. The van der Waals surface area contributed by atoms with E-state index < -0.39 is 5.60 Å². The lowest BCUT2D eigenvalue weighted by Gasteiger charge is -2.40. The third kappa shape index (κ3) is 4.93. The first-order chi connectivity index (χ1) is 11.5. The van der Waals surface area contributed by atoms with Gasteiger partial charge in [-0.25, -0.2) is 0 Å². The van der Waals surface area contributed by atoms with Gasteiger partial charge in [-0.3, -0.25) is 4.79 Å². The monoisotopic (exact) mass is 337 g/mol. The molecule has 1 N–H and O–H groups in total. The molecule has 0 bridgehead atoms. The number of carbonyl (C=O) groups is 1. The van der Waals surface area contributed by atoms with Gasteiger partial charge in [0.2, 0.25) is 5.91 Å². The van der Waals surface area contributed by atoms with Gasteiger partial charge in [-0.1, -0.05) is 19.3 Å². The Morgan fingerprint density at radius 3 is 2.46 bits per heavy atom. The fourth-order valence-electron chi connectivity index (χ4n) is 4.62. The molecule has 3 aliphatic rings. The zero-order chi connectivity index (χ0) is 17.0. The van der Waals surface area contributed by atoms with Crippen LogP contribution in [0.15, 0.2) is 0 Å². The molecule has 5 heteroatoms. The van der Waals surface area contributed by atoms with Gasteiger partial charge < -0.3 is 19.8 Å². The van der Waals surface area contributed by atoms with Crippen LogP contribution in [0.4, 0.5) is 0 Å². The Morgan fingerprint density at radius 2 is 1.75 bits per heavy atom. The summed E-state index contributed by atoms with van der Waals surface area (Å²) in [5, 5.41) is 10.7. The number of likely N-dealkylation sites (tertiary alicyclic amines) is 1. The molecule has 24 heavy (non-hydrogen) atoms. The predicted octanol–water partition coefficient (Wildman–Crippen LogP) is 1.56. The molecule has 1 unspecified atom stereocenters. The van der Waals surface area contributed by atoms with E-state index in [4.69, 9.17) is 0 Å². The van der Waals surface area contributed by atoms with Gasteiger partial charge in [-0.2, -0.15) is 0 Å². The van der Waals surface area contributed by atoms with Crippen LogP contribution < -0.4 is 0 Å². The van der Waals surface area contributed by atoms with Crippen molar-refractivity contribution in [2.45, 2.75) is 57.0 Å². The summed E-state index contributed by atoms with van der Waals surface area (Å²) < 4.78 is 0. The first-order valence-electron chi connectivity index (χ1n) is 9.95. The highest BCUT2D eigenvalue weighted by Gasteiger charge is 2.34. The Bertz CT molecular complexity index is 415. The minimum Gasteiger partial charge on any atom is -0.389 e. The summed E-state index contributed by atoms with van der Waals surface area (Å²) in [5.41, 5.74) is -0.722. The summed E-state index contributed by atoms with van der Waals surface area (Å²) in [5.74, 6) is 0.787. The predicted molar refractivity (Wildman–Crippen MR) is 95.9 cm³/mol. The zero-order valence-corrected chi connectivity index (χ0v) is 15.4. The van der Waals surface area contributed by atoms with Crippen LogP contribution in [0.2, 0.25) is 0 Å². The van der Waals surface area contributed by atoms with Crippen LogP contribution in [0, 0.1) is 5.92 Å². The maximum Gasteiger partial charge on any atom is 0.225 e. The molecule has 0 spiro atoms. The normalized spacial score (nSPS) is 29.6. The van der Waals surface area contributed by atoms with Gasteiger partial charge in [0, 0.05) is 45.8 Å². The van der Waals surface area contributed by atoms with Crippen LogP contribution in [0.5, 0.6) is 0 Å². The van der Waals surface area contributed by atoms with E-state index in [2.05, 4.69) is 16.8 Å². The summed E-state index contributed by atoms with van der Waals surface area (Å²) in [7, 11) is 2.19. The molecule has 3 fully saturated rings. The van der Waals surface area contributed by atoms with Crippen LogP contribution in [-0.2, 0) is 4.79 Å². The van der Waals surface area contributed by atoms with Gasteiger partial charge in [0.05, 0.1) is 12.0 Å². The molecule has 0 aromatic heterocycles. The van der Waals surface area contributed by atoms with Crippen LogP contribution in [0.1, 0.15) is 51.4 Å². The zero-order valence-electron chi connectivity index (χ0n) is 15.4. The van der Waals surface area contributed by atoms with Crippen molar-refractivity contribution in [3.63, 3.8) is 0 Å². The van der Waals surface area contributed by atoms with Gasteiger partial charge in [0.15, 0.2) is 0 Å². The molecule has 2 heterocycles. The van der Waals surface area contributed by atoms with Crippen molar-refractivity contribution < 1.29 is 9.90 Å². The molecule has 1 saturated carbocycles. The van der Waals surface area contributed by atoms with Crippen molar-refractivity contribution >= 4 is 5.91 Å². The quantitative estimate of drug-likeness (QED) is 0.846. The van der Waals surface area contributed by atoms with Gasteiger partial charge >= 0.3 is 0 Å². The Kier molecular flexibility index (Phi) is 6.17. The number of carbonyl (C=O) groups excluding carboxylic acids is 1. The number of aliphatic hydroxyl groups is 1. The van der Waals surface area contributed by atoms with E-state index >= 15 is 0 Å². The fraction of sp³-hybridized carbons (Fsp3) is 0.947. The first-order valence-corrected chi connectivity index (χ1v) is 9.95. The Hall–Kier alpha value is -0.650. The van der Waals surface area contributed by atoms with Crippen molar-refractivity contribution in [2.75, 3.05) is 52.9 Å². The molecule has 1 amide bonds. The Balaban J connectivity index is 1.46. The highest BCUT2D eigenvalue weighted by atomic mass is 16.3. The van der Waals surface area contributed by atoms with E-state index in [0.29, 0.717) is 12.3 Å². The highest BCUT2D eigenvalue weighted by molar-refractivity contribution is 5.77. The van der Waals surface area contributed by atoms with Crippen molar-refractivity contribution in [1.29, 1.82) is 0 Å². The second-order valence-electron chi connectivity index (χ2n) is 8.41. The largest absolute Gasteiger partial charge is 0.389 e. The molecule has 0 radical (unpaired) electrons. The van der Waals surface area contributed by atoms with Crippen LogP contribution >= 0.6 is 0 Å². The number of rotatable bonds is 4. The lowest BCUT2D eigenvalue weighted by molar-refractivity contribution is -0.139. The second-order valence-corrected chi connectivity index (χ2v) is 8.41. The standard InChI is InChI=1S/C19H35N3O2/c1-20-10-12-21(13-11-20)15-17-6-5-9-22(16-17)18(23)14-19(24)7-3-2-4-8-19/h17,24H,2-16H2,1H3. The minimum absolute atomic E-state index is 0.183. The number of piperidine rings is 1. The van der Waals surface area contributed by atoms with Crippen LogP contribution in [-0.4, -0.2) is 84.2 Å². The number of hydrogen-bond acceptors (Lipinski definition) is 4. The molecule has 0 aromatic carbocycles. The molecule has 3 rings (SSSR count). The van der Waals surface area contributed by atoms with E-state index in [0.717, 1.165) is 77.9 Å². The van der Waals surface area contributed by atoms with E-state index in [1.807, 2.05) is 4.90 Å². The van der Waals surface area contributed by atoms with Crippen molar-refractivity contribution in [3.05, 3.63) is 0 Å². The molecule has 0 aromatic rings.